The van der Waals surface area contributed by atoms with Crippen LogP contribution in [0.4, 0.5) is 5.69 Å². The number of anilines is 1. The van der Waals surface area contributed by atoms with Gasteiger partial charge in [0, 0.05) is 11.5 Å². The number of sulfonamides is 1. The minimum Gasteiger partial charge on any atom is -0.495 e. The van der Waals surface area contributed by atoms with Crippen molar-refractivity contribution >= 4 is 37.5 Å². The first kappa shape index (κ1) is 17.3. The van der Waals surface area contributed by atoms with Crippen LogP contribution in [0.25, 0.3) is 0 Å². The molecule has 6 nitrogen and oxygen atoms in total. The number of methoxy groups -OCH3 is 1. The maximum Gasteiger partial charge on any atom is 0.267 e. The molecule has 0 fully saturated rings. The first-order chi connectivity index (χ1) is 10.8. The summed E-state index contributed by atoms with van der Waals surface area (Å²) < 4.78 is 32.6. The zero-order chi connectivity index (χ0) is 17.2. The van der Waals surface area contributed by atoms with Gasteiger partial charge in [0.05, 0.1) is 18.4 Å². The van der Waals surface area contributed by atoms with E-state index in [1.165, 1.54) is 32.4 Å². The van der Waals surface area contributed by atoms with Gasteiger partial charge in [0.15, 0.2) is 0 Å². The van der Waals surface area contributed by atoms with E-state index in [0.29, 0.717) is 4.47 Å². The van der Waals surface area contributed by atoms with Crippen LogP contribution in [-0.4, -0.2) is 28.5 Å². The van der Waals surface area contributed by atoms with Crippen molar-refractivity contribution in [3.63, 3.8) is 0 Å². The number of benzene rings is 2. The van der Waals surface area contributed by atoms with Crippen LogP contribution in [0.5, 0.6) is 5.75 Å². The third kappa shape index (κ3) is 3.32. The van der Waals surface area contributed by atoms with Gasteiger partial charge in [-0.3, -0.25) is 9.10 Å². The number of para-hydroxylation sites is 1. The van der Waals surface area contributed by atoms with Crippen LogP contribution in [0.15, 0.2) is 51.8 Å². The Balaban J connectivity index is 2.61. The van der Waals surface area contributed by atoms with E-state index in [9.17, 15) is 13.2 Å². The Hall–Kier alpha value is -2.06. The van der Waals surface area contributed by atoms with E-state index in [2.05, 4.69) is 15.9 Å². The quantitative estimate of drug-likeness (QED) is 0.836. The third-order valence-corrected chi connectivity index (χ3v) is 5.56. The lowest BCUT2D eigenvalue weighted by Gasteiger charge is -2.22. The number of hydrogen-bond donors (Lipinski definition) is 1. The van der Waals surface area contributed by atoms with E-state index in [1.54, 1.807) is 24.3 Å². The number of amides is 1. The summed E-state index contributed by atoms with van der Waals surface area (Å²) in [7, 11) is -1.20. The molecule has 0 atom stereocenters. The number of nitrogens with two attached hydrogens (primary N) is 1. The highest BCUT2D eigenvalue weighted by Crippen LogP contribution is 2.32. The molecule has 2 N–H and O–H groups in total. The molecule has 2 rings (SSSR count). The molecule has 0 saturated carbocycles. The van der Waals surface area contributed by atoms with E-state index in [0.717, 1.165) is 4.31 Å². The highest BCUT2D eigenvalue weighted by atomic mass is 79.9. The Morgan fingerprint density at radius 3 is 2.48 bits per heavy atom. The summed E-state index contributed by atoms with van der Waals surface area (Å²) in [5.74, 6) is -0.500. The minimum absolute atomic E-state index is 0.0175. The van der Waals surface area contributed by atoms with Crippen LogP contribution in [0.2, 0.25) is 0 Å². The summed E-state index contributed by atoms with van der Waals surface area (Å²) in [4.78, 5) is 11.5. The van der Waals surface area contributed by atoms with E-state index in [-0.39, 0.29) is 21.9 Å². The van der Waals surface area contributed by atoms with Crippen molar-refractivity contribution in [3.05, 3.63) is 52.5 Å². The number of ether oxygens (including phenoxy) is 1. The zero-order valence-electron chi connectivity index (χ0n) is 12.5. The zero-order valence-corrected chi connectivity index (χ0v) is 14.9. The molecule has 2 aromatic rings. The number of rotatable bonds is 5. The predicted molar refractivity (Wildman–Crippen MR) is 91.2 cm³/mol. The number of primary amides is 1. The largest absolute Gasteiger partial charge is 0.495 e. The normalized spacial score (nSPS) is 11.1. The van der Waals surface area contributed by atoms with Gasteiger partial charge in [0.2, 0.25) is 0 Å². The van der Waals surface area contributed by atoms with Crippen molar-refractivity contribution < 1.29 is 17.9 Å². The van der Waals surface area contributed by atoms with Crippen molar-refractivity contribution in [1.29, 1.82) is 0 Å². The molecule has 1 amide bonds. The Kier molecular flexibility index (Phi) is 4.96. The van der Waals surface area contributed by atoms with E-state index in [4.69, 9.17) is 10.5 Å². The number of halogens is 1. The van der Waals surface area contributed by atoms with Crippen molar-refractivity contribution in [1.82, 2.24) is 0 Å². The van der Waals surface area contributed by atoms with Crippen molar-refractivity contribution in [3.8, 4) is 5.75 Å². The molecule has 0 aliphatic rings. The van der Waals surface area contributed by atoms with Gasteiger partial charge in [0.1, 0.15) is 10.6 Å². The standard InChI is InChI=1S/C15H15BrN2O4S/c1-18(12-6-4-3-5-11(12)15(17)19)23(20,21)14-9-10(16)7-8-13(14)22-2/h3-9H,1-2H3,(H2,17,19). The number of hydrogen-bond acceptors (Lipinski definition) is 4. The van der Waals surface area contributed by atoms with Gasteiger partial charge in [-0.1, -0.05) is 28.1 Å². The maximum absolute atomic E-state index is 12.9. The van der Waals surface area contributed by atoms with Gasteiger partial charge >= 0.3 is 0 Å². The predicted octanol–water partition coefficient (Wildman–Crippen LogP) is 2.38. The molecule has 8 heteroatoms. The molecule has 2 aromatic carbocycles. The summed E-state index contributed by atoms with van der Waals surface area (Å²) in [6.45, 7) is 0. The maximum atomic E-state index is 12.9. The van der Waals surface area contributed by atoms with Crippen molar-refractivity contribution in [2.45, 2.75) is 4.90 Å². The third-order valence-electron chi connectivity index (χ3n) is 3.27. The van der Waals surface area contributed by atoms with Crippen LogP contribution in [-0.2, 0) is 10.0 Å². The SMILES string of the molecule is COc1ccc(Br)cc1S(=O)(=O)N(C)c1ccccc1C(N)=O. The lowest BCUT2D eigenvalue weighted by atomic mass is 10.2. The smallest absolute Gasteiger partial charge is 0.267 e. The lowest BCUT2D eigenvalue weighted by molar-refractivity contribution is 0.100. The van der Waals surface area contributed by atoms with Crippen LogP contribution in [0.3, 0.4) is 0 Å². The van der Waals surface area contributed by atoms with Crippen LogP contribution in [0.1, 0.15) is 10.4 Å². The van der Waals surface area contributed by atoms with Crippen molar-refractivity contribution in [2.24, 2.45) is 5.73 Å². The molecule has 0 saturated heterocycles. The van der Waals surface area contributed by atoms with Gasteiger partial charge in [-0.05, 0) is 30.3 Å². The lowest BCUT2D eigenvalue weighted by Crippen LogP contribution is -2.29. The molecule has 0 heterocycles. The average molecular weight is 399 g/mol. The topological polar surface area (TPSA) is 89.7 Å². The van der Waals surface area contributed by atoms with Gasteiger partial charge in [0.25, 0.3) is 15.9 Å². The Labute approximate surface area is 143 Å². The molecule has 0 bridgehead atoms. The van der Waals surface area contributed by atoms with Crippen LogP contribution >= 0.6 is 15.9 Å². The first-order valence-corrected chi connectivity index (χ1v) is 8.73. The number of carbonyl (C=O) groups excluding carboxylic acids is 1. The monoisotopic (exact) mass is 398 g/mol. The van der Waals surface area contributed by atoms with Crippen molar-refractivity contribution in [2.75, 3.05) is 18.5 Å². The Bertz CT molecular complexity index is 852. The fourth-order valence-corrected chi connectivity index (χ4v) is 3.99. The van der Waals surface area contributed by atoms with Gasteiger partial charge < -0.3 is 10.5 Å². The van der Waals surface area contributed by atoms with Gasteiger partial charge in [-0.2, -0.15) is 0 Å². The summed E-state index contributed by atoms with van der Waals surface area (Å²) in [6, 6.07) is 10.9. The highest BCUT2D eigenvalue weighted by Gasteiger charge is 2.27. The molecule has 0 aromatic heterocycles. The number of nitrogens with zero attached hydrogens (tertiary/aromatic N) is 1. The molecular formula is C15H15BrN2O4S. The molecule has 122 valence electrons. The van der Waals surface area contributed by atoms with Crippen LogP contribution < -0.4 is 14.8 Å². The van der Waals surface area contributed by atoms with Gasteiger partial charge in [-0.15, -0.1) is 0 Å². The number of carbonyl (C=O) groups is 1. The first-order valence-electron chi connectivity index (χ1n) is 6.50. The fraction of sp³-hybridized carbons (Fsp3) is 0.133. The second-order valence-electron chi connectivity index (χ2n) is 4.65. The Morgan fingerprint density at radius 2 is 1.87 bits per heavy atom. The molecule has 0 aliphatic heterocycles. The molecule has 0 spiro atoms. The van der Waals surface area contributed by atoms with E-state index < -0.39 is 15.9 Å². The van der Waals surface area contributed by atoms with E-state index in [1.807, 2.05) is 0 Å². The van der Waals surface area contributed by atoms with E-state index >= 15 is 0 Å². The second kappa shape index (κ2) is 6.59. The Morgan fingerprint density at radius 1 is 1.22 bits per heavy atom. The molecule has 0 aliphatic carbocycles. The molecule has 0 radical (unpaired) electrons. The summed E-state index contributed by atoms with van der Waals surface area (Å²) >= 11 is 3.25. The summed E-state index contributed by atoms with van der Waals surface area (Å²) in [5, 5.41) is 0. The average Bonchev–Trinajstić information content (AvgIpc) is 2.54. The second-order valence-corrected chi connectivity index (χ2v) is 7.50. The molecule has 0 unspecified atom stereocenters. The fourth-order valence-electron chi connectivity index (χ4n) is 2.09. The highest BCUT2D eigenvalue weighted by molar-refractivity contribution is 9.10. The van der Waals surface area contributed by atoms with Gasteiger partial charge in [-0.25, -0.2) is 8.42 Å². The summed E-state index contributed by atoms with van der Waals surface area (Å²) in [6.07, 6.45) is 0. The molecule has 23 heavy (non-hydrogen) atoms. The van der Waals surface area contributed by atoms with Crippen LogP contribution in [0, 0.1) is 0 Å². The molecular weight excluding hydrogens is 384 g/mol. The minimum atomic E-state index is -3.94. The summed E-state index contributed by atoms with van der Waals surface area (Å²) in [5.41, 5.74) is 5.64.